The van der Waals surface area contributed by atoms with Gasteiger partial charge in [-0.1, -0.05) is 0 Å². The van der Waals surface area contributed by atoms with Gasteiger partial charge in [0.25, 0.3) is 5.56 Å². The number of hydrogen-bond acceptors (Lipinski definition) is 5. The molecule has 21 heavy (non-hydrogen) atoms. The molecule has 0 aromatic carbocycles. The van der Waals surface area contributed by atoms with Gasteiger partial charge >= 0.3 is 0 Å². The van der Waals surface area contributed by atoms with E-state index in [4.69, 9.17) is 0 Å². The summed E-state index contributed by atoms with van der Waals surface area (Å²) < 4.78 is 28.5. The molecule has 0 unspecified atom stereocenters. The first kappa shape index (κ1) is 14.4. The minimum Gasteiger partial charge on any atom is -0.268 e. The third-order valence-electron chi connectivity index (χ3n) is 3.20. The lowest BCUT2D eigenvalue weighted by atomic mass is 10.2. The third-order valence-corrected chi connectivity index (χ3v) is 6.16. The number of hydrogen-bond donors (Lipinski definition) is 1. The number of sulfonamides is 1. The topological polar surface area (TPSA) is 81.1 Å². The van der Waals surface area contributed by atoms with Crippen LogP contribution in [0.25, 0.3) is 11.3 Å². The summed E-state index contributed by atoms with van der Waals surface area (Å²) in [7, 11) is -3.44. The molecule has 0 radical (unpaired) electrons. The molecule has 0 atom stereocenters. The zero-order valence-corrected chi connectivity index (χ0v) is 13.1. The first-order chi connectivity index (χ1) is 9.99. The molecule has 2 aromatic heterocycles. The molecule has 2 heterocycles. The summed E-state index contributed by atoms with van der Waals surface area (Å²) in [6.07, 6.45) is 1.81. The Morgan fingerprint density at radius 2 is 2.19 bits per heavy atom. The van der Waals surface area contributed by atoms with Gasteiger partial charge in [-0.15, -0.1) is 11.3 Å². The Kier molecular flexibility index (Phi) is 3.68. The van der Waals surface area contributed by atoms with E-state index in [9.17, 15) is 13.2 Å². The van der Waals surface area contributed by atoms with Gasteiger partial charge in [-0.3, -0.25) is 4.79 Å². The van der Waals surface area contributed by atoms with Crippen LogP contribution in [0.5, 0.6) is 0 Å². The minimum absolute atomic E-state index is 0.0840. The summed E-state index contributed by atoms with van der Waals surface area (Å²) in [6.45, 7) is 2.31. The molecule has 112 valence electrons. The van der Waals surface area contributed by atoms with Gasteiger partial charge in [0.15, 0.2) is 0 Å². The molecular weight excluding hydrogens is 310 g/mol. The van der Waals surface area contributed by atoms with Gasteiger partial charge in [0.1, 0.15) is 4.21 Å². The first-order valence-corrected chi connectivity index (χ1v) is 9.05. The molecule has 1 fully saturated rings. The quantitative estimate of drug-likeness (QED) is 0.902. The van der Waals surface area contributed by atoms with E-state index in [1.807, 2.05) is 6.92 Å². The molecule has 1 N–H and O–H groups in total. The predicted octanol–water partition coefficient (Wildman–Crippen LogP) is 1.43. The van der Waals surface area contributed by atoms with Gasteiger partial charge in [0.05, 0.1) is 5.69 Å². The SMILES string of the molecule is CCn1nc(-c2csc(S(=O)(=O)NC3CC3)c2)ccc1=O. The van der Waals surface area contributed by atoms with Crippen LogP contribution >= 0.6 is 11.3 Å². The van der Waals surface area contributed by atoms with Crippen LogP contribution in [0.15, 0.2) is 32.6 Å². The van der Waals surface area contributed by atoms with Crippen molar-refractivity contribution in [3.63, 3.8) is 0 Å². The number of aryl methyl sites for hydroxylation is 1. The fourth-order valence-corrected chi connectivity index (χ4v) is 4.40. The average Bonchev–Trinajstić information content (AvgIpc) is 3.10. The Labute approximate surface area is 126 Å². The van der Waals surface area contributed by atoms with E-state index in [1.54, 1.807) is 17.5 Å². The van der Waals surface area contributed by atoms with E-state index in [1.165, 1.54) is 10.7 Å². The van der Waals surface area contributed by atoms with Crippen molar-refractivity contribution in [2.75, 3.05) is 0 Å². The summed E-state index contributed by atoms with van der Waals surface area (Å²) in [6, 6.07) is 4.74. The molecule has 0 bridgehead atoms. The van der Waals surface area contributed by atoms with Crippen LogP contribution in [0.1, 0.15) is 19.8 Å². The van der Waals surface area contributed by atoms with Crippen molar-refractivity contribution >= 4 is 21.4 Å². The fourth-order valence-electron chi connectivity index (χ4n) is 1.90. The van der Waals surface area contributed by atoms with Crippen molar-refractivity contribution in [1.29, 1.82) is 0 Å². The minimum atomic E-state index is -3.44. The molecule has 1 saturated carbocycles. The van der Waals surface area contributed by atoms with Crippen molar-refractivity contribution in [2.45, 2.75) is 36.6 Å². The van der Waals surface area contributed by atoms with Crippen molar-refractivity contribution in [2.24, 2.45) is 0 Å². The highest BCUT2D eigenvalue weighted by atomic mass is 32.2. The van der Waals surface area contributed by atoms with Gasteiger partial charge in [-0.25, -0.2) is 17.8 Å². The van der Waals surface area contributed by atoms with Crippen molar-refractivity contribution in [1.82, 2.24) is 14.5 Å². The van der Waals surface area contributed by atoms with Gasteiger partial charge in [-0.2, -0.15) is 5.10 Å². The molecule has 0 aliphatic heterocycles. The van der Waals surface area contributed by atoms with Crippen LogP contribution in [0.3, 0.4) is 0 Å². The highest BCUT2D eigenvalue weighted by molar-refractivity contribution is 7.91. The summed E-state index contributed by atoms with van der Waals surface area (Å²) in [5.74, 6) is 0. The van der Waals surface area contributed by atoms with Crippen LogP contribution in [-0.2, 0) is 16.6 Å². The first-order valence-electron chi connectivity index (χ1n) is 6.69. The van der Waals surface area contributed by atoms with E-state index in [0.717, 1.165) is 24.2 Å². The molecule has 0 saturated heterocycles. The third kappa shape index (κ3) is 3.07. The van der Waals surface area contributed by atoms with E-state index >= 15 is 0 Å². The number of thiophene rings is 1. The van der Waals surface area contributed by atoms with Crippen LogP contribution in [0, 0.1) is 0 Å². The van der Waals surface area contributed by atoms with Crippen LogP contribution in [0.4, 0.5) is 0 Å². The zero-order chi connectivity index (χ0) is 15.0. The van der Waals surface area contributed by atoms with Crippen molar-refractivity contribution in [3.8, 4) is 11.3 Å². The zero-order valence-electron chi connectivity index (χ0n) is 11.4. The van der Waals surface area contributed by atoms with Gasteiger partial charge < -0.3 is 0 Å². The Morgan fingerprint density at radius 3 is 2.86 bits per heavy atom. The molecule has 6 nitrogen and oxygen atoms in total. The van der Waals surface area contributed by atoms with Gasteiger partial charge in [-0.05, 0) is 31.9 Å². The van der Waals surface area contributed by atoms with Gasteiger partial charge in [0, 0.05) is 29.6 Å². The Bertz CT molecular complexity index is 819. The summed E-state index contributed by atoms with van der Waals surface area (Å²) in [4.78, 5) is 11.5. The summed E-state index contributed by atoms with van der Waals surface area (Å²) >= 11 is 1.16. The molecular formula is C13H15N3O3S2. The van der Waals surface area contributed by atoms with E-state index in [0.29, 0.717) is 17.8 Å². The van der Waals surface area contributed by atoms with Crippen LogP contribution in [-0.4, -0.2) is 24.2 Å². The van der Waals surface area contributed by atoms with E-state index in [2.05, 4.69) is 9.82 Å². The Morgan fingerprint density at radius 1 is 1.43 bits per heavy atom. The molecule has 2 aromatic rings. The number of nitrogens with zero attached hydrogens (tertiary/aromatic N) is 2. The van der Waals surface area contributed by atoms with Crippen LogP contribution < -0.4 is 10.3 Å². The Balaban J connectivity index is 1.92. The molecule has 0 amide bonds. The summed E-state index contributed by atoms with van der Waals surface area (Å²) in [5, 5.41) is 5.97. The van der Waals surface area contributed by atoms with Crippen molar-refractivity contribution < 1.29 is 8.42 Å². The highest BCUT2D eigenvalue weighted by Gasteiger charge is 2.29. The lowest BCUT2D eigenvalue weighted by molar-refractivity contribution is 0.583. The monoisotopic (exact) mass is 325 g/mol. The fraction of sp³-hybridized carbons (Fsp3) is 0.385. The second-order valence-corrected chi connectivity index (χ2v) is 7.77. The highest BCUT2D eigenvalue weighted by Crippen LogP contribution is 2.29. The summed E-state index contributed by atoms with van der Waals surface area (Å²) in [5.41, 5.74) is 1.14. The van der Waals surface area contributed by atoms with Gasteiger partial charge in [0.2, 0.25) is 10.0 Å². The Hall–Kier alpha value is -1.51. The molecule has 1 aliphatic rings. The smallest absolute Gasteiger partial charge is 0.266 e. The molecule has 3 rings (SSSR count). The number of aromatic nitrogens is 2. The number of rotatable bonds is 5. The van der Waals surface area contributed by atoms with E-state index in [-0.39, 0.29) is 15.8 Å². The maximum absolute atomic E-state index is 12.1. The van der Waals surface area contributed by atoms with E-state index < -0.39 is 10.0 Å². The number of nitrogens with one attached hydrogen (secondary N) is 1. The maximum atomic E-state index is 12.1. The second-order valence-electron chi connectivity index (χ2n) is 4.92. The normalized spacial score (nSPS) is 15.3. The second kappa shape index (κ2) is 5.36. The standard InChI is InChI=1S/C13H15N3O3S2/c1-2-16-12(17)6-5-11(14-16)9-7-13(20-8-9)21(18,19)15-10-3-4-10/h5-8,10,15H,2-4H2,1H3. The van der Waals surface area contributed by atoms with Crippen LogP contribution in [0.2, 0.25) is 0 Å². The molecule has 1 aliphatic carbocycles. The molecule has 0 spiro atoms. The molecule has 8 heteroatoms. The lowest BCUT2D eigenvalue weighted by Gasteiger charge is -2.03. The maximum Gasteiger partial charge on any atom is 0.266 e. The van der Waals surface area contributed by atoms with Crippen molar-refractivity contribution in [3.05, 3.63) is 33.9 Å². The average molecular weight is 325 g/mol. The largest absolute Gasteiger partial charge is 0.268 e. The predicted molar refractivity (Wildman–Crippen MR) is 80.8 cm³/mol. The lowest BCUT2D eigenvalue weighted by Crippen LogP contribution is -2.24.